The van der Waals surface area contributed by atoms with Crippen molar-refractivity contribution in [1.29, 1.82) is 0 Å². The molecule has 0 aliphatic carbocycles. The van der Waals surface area contributed by atoms with E-state index in [1.165, 1.54) is 36.4 Å². The Morgan fingerprint density at radius 1 is 1.06 bits per heavy atom. The number of ketones is 1. The number of nitrogens with zero attached hydrogens (tertiary/aromatic N) is 2. The van der Waals surface area contributed by atoms with E-state index in [0.29, 0.717) is 12.1 Å². The van der Waals surface area contributed by atoms with Gasteiger partial charge in [0, 0.05) is 29.9 Å². The lowest BCUT2D eigenvalue weighted by Gasteiger charge is -2.22. The van der Waals surface area contributed by atoms with Crippen LogP contribution in [-0.4, -0.2) is 39.8 Å². The Morgan fingerprint density at radius 3 is 2.06 bits per heavy atom. The molecule has 0 radical (unpaired) electrons. The third-order valence-corrected chi connectivity index (χ3v) is 3.95. The van der Waals surface area contributed by atoms with Crippen molar-refractivity contribution < 1.29 is 19.6 Å². The molecule has 0 aromatic heterocycles. The largest absolute Gasteiger partial charge is 0.480 e. The van der Waals surface area contributed by atoms with Gasteiger partial charge >= 0.3 is 5.97 Å². The summed E-state index contributed by atoms with van der Waals surface area (Å²) in [7, 11) is 0. The zero-order valence-corrected chi connectivity index (χ0v) is 17.3. The second kappa shape index (κ2) is 12.8. The van der Waals surface area contributed by atoms with E-state index in [0.717, 1.165) is 0 Å². The minimum Gasteiger partial charge on any atom is -0.480 e. The highest BCUT2D eigenvalue weighted by Crippen LogP contribution is 2.18. The lowest BCUT2D eigenvalue weighted by atomic mass is 9.86. The van der Waals surface area contributed by atoms with Crippen LogP contribution in [-0.2, 0) is 4.79 Å². The first-order valence-electron chi connectivity index (χ1n) is 8.75. The molecule has 0 heterocycles. The molecule has 2 aromatic carbocycles. The number of guanidine groups is 1. The number of nitro groups is 1. The third kappa shape index (κ3) is 8.68. The maximum Gasteiger partial charge on any atom is 0.331 e. The van der Waals surface area contributed by atoms with Crippen molar-refractivity contribution in [2.45, 2.75) is 18.4 Å². The van der Waals surface area contributed by atoms with Crippen LogP contribution >= 0.6 is 12.4 Å². The quantitative estimate of drug-likeness (QED) is 0.0569. The molecule has 9 N–H and O–H groups in total. The van der Waals surface area contributed by atoms with Gasteiger partial charge in [-0.25, -0.2) is 4.79 Å². The summed E-state index contributed by atoms with van der Waals surface area (Å²) < 4.78 is 0. The van der Waals surface area contributed by atoms with Crippen molar-refractivity contribution in [2.24, 2.45) is 22.2 Å². The number of carboxylic acids is 1. The predicted octanol–water partition coefficient (Wildman–Crippen LogP) is 1.30. The van der Waals surface area contributed by atoms with Gasteiger partial charge in [-0.15, -0.1) is 12.4 Å². The summed E-state index contributed by atoms with van der Waals surface area (Å²) in [6.07, 6.45) is 0.242. The molecule has 0 saturated heterocycles. The fourth-order valence-corrected chi connectivity index (χ4v) is 2.33. The summed E-state index contributed by atoms with van der Waals surface area (Å²) >= 11 is 0. The van der Waals surface area contributed by atoms with Crippen molar-refractivity contribution >= 4 is 41.5 Å². The molecule has 31 heavy (non-hydrogen) atoms. The average Bonchev–Trinajstić information content (AvgIpc) is 2.71. The van der Waals surface area contributed by atoms with Crippen LogP contribution in [0.2, 0.25) is 0 Å². The Labute approximate surface area is 184 Å². The van der Waals surface area contributed by atoms with Crippen LogP contribution in [0.25, 0.3) is 0 Å². The standard InChI is InChI=1S/C13H18N4O3.C6H6N2O2.ClH/c14-12(15)17-8-4-7-13(16,11(19)20)10(18)9-5-2-1-3-6-9;7-5-1-3-6(4-2-5)8(9)10;/h1-3,5-6H,4,7-8,16H2,(H,19,20)(H4,14,15,17);1-4H,7H2;1H. The average molecular weight is 453 g/mol. The monoisotopic (exact) mass is 452 g/mol. The highest BCUT2D eigenvalue weighted by Gasteiger charge is 2.41. The number of halogens is 1. The summed E-state index contributed by atoms with van der Waals surface area (Å²) in [5.41, 5.74) is 20.3. The van der Waals surface area contributed by atoms with E-state index in [2.05, 4.69) is 4.99 Å². The van der Waals surface area contributed by atoms with Crippen LogP contribution < -0.4 is 22.9 Å². The van der Waals surface area contributed by atoms with E-state index in [1.54, 1.807) is 18.2 Å². The summed E-state index contributed by atoms with van der Waals surface area (Å²) in [6.45, 7) is 0.219. The summed E-state index contributed by atoms with van der Waals surface area (Å²) in [4.78, 5) is 36.9. The molecule has 2 rings (SSSR count). The highest BCUT2D eigenvalue weighted by atomic mass is 35.5. The first-order valence-corrected chi connectivity index (χ1v) is 8.75. The number of anilines is 1. The molecular formula is C19H25ClN6O5. The van der Waals surface area contributed by atoms with Gasteiger partial charge in [-0.3, -0.25) is 19.9 Å². The molecule has 0 aliphatic heterocycles. The summed E-state index contributed by atoms with van der Waals surface area (Å²) in [5, 5.41) is 19.3. The van der Waals surface area contributed by atoms with Crippen LogP contribution in [0, 0.1) is 10.1 Å². The highest BCUT2D eigenvalue weighted by molar-refractivity contribution is 6.15. The van der Waals surface area contributed by atoms with Crippen molar-refractivity contribution in [2.75, 3.05) is 12.3 Å². The maximum absolute atomic E-state index is 12.2. The van der Waals surface area contributed by atoms with Gasteiger partial charge in [-0.05, 0) is 25.0 Å². The molecule has 0 aliphatic rings. The van der Waals surface area contributed by atoms with E-state index in [4.69, 9.17) is 22.9 Å². The van der Waals surface area contributed by atoms with Crippen LogP contribution in [0.5, 0.6) is 0 Å². The Hall–Kier alpha value is -3.70. The first kappa shape index (κ1) is 27.3. The Morgan fingerprint density at radius 2 is 1.61 bits per heavy atom. The number of benzene rings is 2. The number of carbonyl (C=O) groups is 2. The minimum atomic E-state index is -1.97. The molecule has 12 heteroatoms. The van der Waals surface area contributed by atoms with Gasteiger partial charge in [0.05, 0.1) is 4.92 Å². The van der Waals surface area contributed by atoms with Gasteiger partial charge in [-0.1, -0.05) is 30.3 Å². The predicted molar refractivity (Wildman–Crippen MR) is 120 cm³/mol. The van der Waals surface area contributed by atoms with E-state index in [-0.39, 0.29) is 42.6 Å². The van der Waals surface area contributed by atoms with Gasteiger partial charge in [0.25, 0.3) is 5.69 Å². The van der Waals surface area contributed by atoms with E-state index >= 15 is 0 Å². The number of nitro benzene ring substituents is 1. The topological polar surface area (TPSA) is 214 Å². The number of aliphatic carboxylic acids is 1. The lowest BCUT2D eigenvalue weighted by Crippen LogP contribution is -2.55. The number of hydrogen-bond donors (Lipinski definition) is 5. The van der Waals surface area contributed by atoms with E-state index in [1.807, 2.05) is 0 Å². The van der Waals surface area contributed by atoms with Crippen LogP contribution in [0.15, 0.2) is 59.6 Å². The summed E-state index contributed by atoms with van der Waals surface area (Å²) in [5.74, 6) is -2.08. The van der Waals surface area contributed by atoms with E-state index < -0.39 is 22.2 Å². The zero-order chi connectivity index (χ0) is 22.7. The Kier molecular flexibility index (Phi) is 11.3. The molecule has 0 amide bonds. The number of nitrogen functional groups attached to an aromatic ring is 1. The number of rotatable bonds is 8. The van der Waals surface area contributed by atoms with Crippen molar-refractivity contribution in [3.8, 4) is 0 Å². The molecule has 1 atom stereocenters. The molecule has 1 unspecified atom stereocenters. The van der Waals surface area contributed by atoms with Gasteiger partial charge in [-0.2, -0.15) is 0 Å². The van der Waals surface area contributed by atoms with Crippen LogP contribution in [0.1, 0.15) is 23.2 Å². The number of aliphatic imine (C=N–C) groups is 1. The smallest absolute Gasteiger partial charge is 0.331 e. The number of nitrogens with two attached hydrogens (primary N) is 4. The molecule has 0 bridgehead atoms. The zero-order valence-electron chi connectivity index (χ0n) is 16.5. The molecular weight excluding hydrogens is 428 g/mol. The number of carbonyl (C=O) groups excluding carboxylic acids is 1. The molecule has 2 aromatic rings. The van der Waals surface area contributed by atoms with Crippen molar-refractivity contribution in [1.82, 2.24) is 0 Å². The Bertz CT molecular complexity index is 904. The van der Waals surface area contributed by atoms with Gasteiger partial charge in [0.15, 0.2) is 17.3 Å². The van der Waals surface area contributed by atoms with Crippen LogP contribution in [0.3, 0.4) is 0 Å². The minimum absolute atomic E-state index is 0. The third-order valence-electron chi connectivity index (χ3n) is 3.95. The molecule has 0 spiro atoms. The number of Topliss-reactive ketones (excluding diaryl/α,β-unsaturated/α-hetero) is 1. The fourth-order valence-electron chi connectivity index (χ4n) is 2.33. The second-order valence-electron chi connectivity index (χ2n) is 6.23. The first-order chi connectivity index (χ1) is 14.1. The SMILES string of the molecule is Cl.NC(N)=NCCCC(N)(C(=O)O)C(=O)c1ccccc1.Nc1ccc([N+](=O)[O-])cc1. The molecule has 0 fully saturated rings. The molecule has 168 valence electrons. The van der Waals surface area contributed by atoms with Crippen molar-refractivity contribution in [3.05, 3.63) is 70.3 Å². The van der Waals surface area contributed by atoms with Gasteiger partial charge < -0.3 is 28.0 Å². The van der Waals surface area contributed by atoms with E-state index in [9.17, 15) is 24.8 Å². The summed E-state index contributed by atoms with van der Waals surface area (Å²) in [6, 6.07) is 13.8. The number of non-ortho nitro benzene ring substituents is 1. The molecule has 11 nitrogen and oxygen atoms in total. The number of carboxylic acid groups (broad SMARTS) is 1. The lowest BCUT2D eigenvalue weighted by molar-refractivity contribution is -0.384. The van der Waals surface area contributed by atoms with Gasteiger partial charge in [0.2, 0.25) is 0 Å². The number of hydrogen-bond acceptors (Lipinski definition) is 7. The second-order valence-corrected chi connectivity index (χ2v) is 6.23. The normalized spacial score (nSPS) is 11.5. The van der Waals surface area contributed by atoms with Gasteiger partial charge in [0.1, 0.15) is 0 Å². The maximum atomic E-state index is 12.2. The van der Waals surface area contributed by atoms with Crippen LogP contribution in [0.4, 0.5) is 11.4 Å². The molecule has 0 saturated carbocycles. The van der Waals surface area contributed by atoms with Crippen molar-refractivity contribution in [3.63, 3.8) is 0 Å². The fraction of sp³-hybridized carbons (Fsp3) is 0.211. The Balaban J connectivity index is 0.000000688.